The van der Waals surface area contributed by atoms with Gasteiger partial charge in [-0.1, -0.05) is 39.2 Å². The molecule has 0 aromatic rings. The molecule has 0 N–H and O–H groups in total. The molecule has 120 valence electrons. The van der Waals surface area contributed by atoms with Gasteiger partial charge in [-0.15, -0.1) is 0 Å². The van der Waals surface area contributed by atoms with Gasteiger partial charge in [-0.25, -0.2) is 4.79 Å². The third kappa shape index (κ3) is 7.63. The number of ketones is 1. The molecule has 0 radical (unpaired) electrons. The highest BCUT2D eigenvalue weighted by Gasteiger charge is 2.29. The fourth-order valence-corrected chi connectivity index (χ4v) is 2.02. The zero-order valence-corrected chi connectivity index (χ0v) is 13.3. The maximum Gasteiger partial charge on any atom is 0.334 e. The SMILES string of the molecule is C=C(C(=O)OC)C(CC(=O)CCCCCCC)C(=O)OC. The molecule has 0 aliphatic carbocycles. The maximum absolute atomic E-state index is 11.9. The van der Waals surface area contributed by atoms with Crippen molar-refractivity contribution in [2.24, 2.45) is 5.92 Å². The topological polar surface area (TPSA) is 69.7 Å². The predicted octanol–water partition coefficient (Wildman–Crippen LogP) is 2.82. The van der Waals surface area contributed by atoms with E-state index in [-0.39, 0.29) is 17.8 Å². The van der Waals surface area contributed by atoms with Gasteiger partial charge >= 0.3 is 11.9 Å². The number of methoxy groups -OCH3 is 2. The molecule has 0 amide bonds. The average Bonchev–Trinajstić information content (AvgIpc) is 2.50. The highest BCUT2D eigenvalue weighted by atomic mass is 16.5. The molecule has 0 aliphatic heterocycles. The molecule has 1 unspecified atom stereocenters. The van der Waals surface area contributed by atoms with Crippen LogP contribution in [-0.4, -0.2) is 31.9 Å². The monoisotopic (exact) mass is 298 g/mol. The number of hydrogen-bond acceptors (Lipinski definition) is 5. The molecule has 5 heteroatoms. The van der Waals surface area contributed by atoms with Crippen LogP contribution in [0.15, 0.2) is 12.2 Å². The predicted molar refractivity (Wildman–Crippen MR) is 79.7 cm³/mol. The largest absolute Gasteiger partial charge is 0.469 e. The fourth-order valence-electron chi connectivity index (χ4n) is 2.02. The Kier molecular flexibility index (Phi) is 10.2. The first-order valence-corrected chi connectivity index (χ1v) is 7.34. The van der Waals surface area contributed by atoms with Crippen molar-refractivity contribution >= 4 is 17.7 Å². The van der Waals surface area contributed by atoms with E-state index in [9.17, 15) is 14.4 Å². The van der Waals surface area contributed by atoms with Gasteiger partial charge < -0.3 is 9.47 Å². The van der Waals surface area contributed by atoms with E-state index in [1.807, 2.05) is 0 Å². The van der Waals surface area contributed by atoms with E-state index in [4.69, 9.17) is 0 Å². The fraction of sp³-hybridized carbons (Fsp3) is 0.688. The zero-order valence-electron chi connectivity index (χ0n) is 13.3. The van der Waals surface area contributed by atoms with E-state index in [2.05, 4.69) is 23.0 Å². The molecule has 5 nitrogen and oxygen atoms in total. The minimum Gasteiger partial charge on any atom is -0.469 e. The Morgan fingerprint density at radius 2 is 1.62 bits per heavy atom. The van der Waals surface area contributed by atoms with Gasteiger partial charge in [0.05, 0.1) is 20.1 Å². The lowest BCUT2D eigenvalue weighted by Crippen LogP contribution is -2.25. The highest BCUT2D eigenvalue weighted by molar-refractivity contribution is 5.97. The van der Waals surface area contributed by atoms with Crippen LogP contribution in [0.1, 0.15) is 51.9 Å². The Labute approximate surface area is 126 Å². The first-order valence-electron chi connectivity index (χ1n) is 7.34. The van der Waals surface area contributed by atoms with Crippen LogP contribution in [0, 0.1) is 5.92 Å². The summed E-state index contributed by atoms with van der Waals surface area (Å²) in [6.07, 6.45) is 5.58. The Bertz CT molecular complexity index is 373. The molecule has 0 heterocycles. The van der Waals surface area contributed by atoms with E-state index in [1.54, 1.807) is 0 Å². The van der Waals surface area contributed by atoms with Crippen LogP contribution < -0.4 is 0 Å². The standard InChI is InChI=1S/C16H26O5/c1-5-6-7-8-9-10-13(17)11-14(16(19)21-4)12(2)15(18)20-3/h14H,2,5-11H2,1,3-4H3. The Morgan fingerprint density at radius 1 is 1.00 bits per heavy atom. The first kappa shape index (κ1) is 19.4. The summed E-state index contributed by atoms with van der Waals surface area (Å²) in [6, 6.07) is 0. The zero-order chi connectivity index (χ0) is 16.3. The van der Waals surface area contributed by atoms with Gasteiger partial charge in [0.25, 0.3) is 0 Å². The van der Waals surface area contributed by atoms with Gasteiger partial charge in [-0.3, -0.25) is 9.59 Å². The molecule has 0 saturated carbocycles. The highest BCUT2D eigenvalue weighted by Crippen LogP contribution is 2.19. The van der Waals surface area contributed by atoms with Crippen molar-refractivity contribution < 1.29 is 23.9 Å². The molecule has 0 aromatic carbocycles. The van der Waals surface area contributed by atoms with E-state index in [0.717, 1.165) is 32.1 Å². The number of rotatable bonds is 11. The van der Waals surface area contributed by atoms with Gasteiger partial charge in [-0.05, 0) is 6.42 Å². The minimum atomic E-state index is -0.953. The molecule has 0 aromatic heterocycles. The van der Waals surface area contributed by atoms with Crippen molar-refractivity contribution in [1.29, 1.82) is 0 Å². The summed E-state index contributed by atoms with van der Waals surface area (Å²) in [4.78, 5) is 35.0. The summed E-state index contributed by atoms with van der Waals surface area (Å²) in [7, 11) is 2.42. The average molecular weight is 298 g/mol. The van der Waals surface area contributed by atoms with E-state index in [1.165, 1.54) is 14.2 Å². The van der Waals surface area contributed by atoms with Crippen molar-refractivity contribution in [3.8, 4) is 0 Å². The Morgan fingerprint density at radius 3 is 2.14 bits per heavy atom. The minimum absolute atomic E-state index is 0.0383. The van der Waals surface area contributed by atoms with Crippen molar-refractivity contribution in [1.82, 2.24) is 0 Å². The lowest BCUT2D eigenvalue weighted by molar-refractivity contribution is -0.148. The van der Waals surface area contributed by atoms with Crippen LogP contribution in [0.3, 0.4) is 0 Å². The maximum atomic E-state index is 11.9. The van der Waals surface area contributed by atoms with Gasteiger partial charge in [0.1, 0.15) is 5.78 Å². The van der Waals surface area contributed by atoms with Crippen LogP contribution in [0.5, 0.6) is 0 Å². The van der Waals surface area contributed by atoms with Crippen LogP contribution >= 0.6 is 0 Å². The number of ether oxygens (including phenoxy) is 2. The Hall–Kier alpha value is -1.65. The van der Waals surface area contributed by atoms with Gasteiger partial charge in [0, 0.05) is 18.4 Å². The lowest BCUT2D eigenvalue weighted by atomic mass is 9.92. The summed E-state index contributed by atoms with van der Waals surface area (Å²) in [5.74, 6) is -2.34. The third-order valence-corrected chi connectivity index (χ3v) is 3.34. The van der Waals surface area contributed by atoms with Gasteiger partial charge in [0.2, 0.25) is 0 Å². The smallest absolute Gasteiger partial charge is 0.334 e. The number of unbranched alkanes of at least 4 members (excludes halogenated alkanes) is 4. The molecule has 1 atom stereocenters. The first-order chi connectivity index (χ1) is 9.97. The summed E-state index contributed by atoms with van der Waals surface area (Å²) >= 11 is 0. The van der Waals surface area contributed by atoms with Gasteiger partial charge in [0.15, 0.2) is 0 Å². The van der Waals surface area contributed by atoms with Crippen molar-refractivity contribution in [3.63, 3.8) is 0 Å². The molecule has 0 bridgehead atoms. The van der Waals surface area contributed by atoms with Crippen molar-refractivity contribution in [2.75, 3.05) is 14.2 Å². The quantitative estimate of drug-likeness (QED) is 0.333. The Balaban J connectivity index is 4.40. The molecule has 0 rings (SSSR count). The number of hydrogen-bond donors (Lipinski definition) is 0. The summed E-state index contributed by atoms with van der Waals surface area (Å²) in [5, 5.41) is 0. The third-order valence-electron chi connectivity index (χ3n) is 3.34. The van der Waals surface area contributed by atoms with Crippen molar-refractivity contribution in [2.45, 2.75) is 51.9 Å². The van der Waals surface area contributed by atoms with Crippen LogP contribution in [-0.2, 0) is 23.9 Å². The molecule has 0 saturated heterocycles. The molecular weight excluding hydrogens is 272 g/mol. The molecule has 0 spiro atoms. The summed E-state index contributed by atoms with van der Waals surface area (Å²) in [6.45, 7) is 5.67. The van der Waals surface area contributed by atoms with E-state index in [0.29, 0.717) is 6.42 Å². The second-order valence-corrected chi connectivity index (χ2v) is 5.00. The molecule has 0 aliphatic rings. The van der Waals surface area contributed by atoms with Crippen molar-refractivity contribution in [3.05, 3.63) is 12.2 Å². The number of carbonyl (C=O) groups excluding carboxylic acids is 3. The van der Waals surface area contributed by atoms with Gasteiger partial charge in [-0.2, -0.15) is 0 Å². The summed E-state index contributed by atoms with van der Waals surface area (Å²) < 4.78 is 9.16. The number of esters is 2. The lowest BCUT2D eigenvalue weighted by Gasteiger charge is -2.15. The van der Waals surface area contributed by atoms with Crippen LogP contribution in [0.25, 0.3) is 0 Å². The molecule has 21 heavy (non-hydrogen) atoms. The molecular formula is C16H26O5. The number of carbonyl (C=O) groups is 3. The second-order valence-electron chi connectivity index (χ2n) is 5.00. The van der Waals surface area contributed by atoms with Crippen LogP contribution in [0.4, 0.5) is 0 Å². The van der Waals surface area contributed by atoms with E-state index < -0.39 is 17.9 Å². The molecule has 0 fully saturated rings. The number of Topliss-reactive ketones (excluding diaryl/α,β-unsaturated/α-hetero) is 1. The summed E-state index contributed by atoms with van der Waals surface area (Å²) in [5.41, 5.74) is -0.0383. The van der Waals surface area contributed by atoms with E-state index >= 15 is 0 Å². The van der Waals surface area contributed by atoms with Crippen LogP contribution in [0.2, 0.25) is 0 Å². The normalized spacial score (nSPS) is 11.6. The second kappa shape index (κ2) is 11.1.